The lowest BCUT2D eigenvalue weighted by molar-refractivity contribution is 0.333. The number of hydrogen-bond donors (Lipinski definition) is 1. The average molecular weight is 545 g/mol. The normalized spacial score (nSPS) is 11.1. The van der Waals surface area contributed by atoms with E-state index in [4.69, 9.17) is 27.9 Å². The molecule has 0 amide bonds. The lowest BCUT2D eigenvalue weighted by Crippen LogP contribution is -2.37. The van der Waals surface area contributed by atoms with Crippen molar-refractivity contribution in [2.75, 3.05) is 50.0 Å². The first kappa shape index (κ1) is 28.1. The van der Waals surface area contributed by atoms with Gasteiger partial charge in [0.1, 0.15) is 12.4 Å². The van der Waals surface area contributed by atoms with E-state index in [9.17, 15) is 8.42 Å². The van der Waals surface area contributed by atoms with Crippen LogP contribution in [0.1, 0.15) is 0 Å². The van der Waals surface area contributed by atoms with Crippen molar-refractivity contribution in [3.8, 4) is 5.75 Å². The predicted octanol–water partition coefficient (Wildman–Crippen LogP) is 5.66. The van der Waals surface area contributed by atoms with E-state index in [0.29, 0.717) is 46.9 Å². The first-order chi connectivity index (χ1) is 15.8. The number of nitrogens with one attached hydrogen (secondary N) is 1. The number of rotatable bonds is 11. The van der Waals surface area contributed by atoms with Crippen LogP contribution in [0.15, 0.2) is 77.7 Å². The molecule has 3 aromatic rings. The molecule has 0 fully saturated rings. The summed E-state index contributed by atoms with van der Waals surface area (Å²) in [7, 11) is 0.00904. The van der Waals surface area contributed by atoms with Gasteiger partial charge in [0, 0.05) is 29.7 Å². The maximum absolute atomic E-state index is 13.6. The second-order valence-electron chi connectivity index (χ2n) is 7.58. The van der Waals surface area contributed by atoms with Crippen LogP contribution in [0.2, 0.25) is 10.0 Å². The molecule has 3 rings (SSSR count). The van der Waals surface area contributed by atoms with Crippen molar-refractivity contribution >= 4 is 57.0 Å². The molecule has 34 heavy (non-hydrogen) atoms. The van der Waals surface area contributed by atoms with Crippen molar-refractivity contribution in [2.24, 2.45) is 0 Å². The van der Waals surface area contributed by atoms with Gasteiger partial charge < -0.3 is 15.0 Å². The molecule has 0 atom stereocenters. The van der Waals surface area contributed by atoms with Crippen molar-refractivity contribution in [2.45, 2.75) is 4.90 Å². The summed E-state index contributed by atoms with van der Waals surface area (Å²) >= 11 is 12.0. The number of ether oxygens (including phenoxy) is 1. The van der Waals surface area contributed by atoms with E-state index in [1.807, 2.05) is 49.3 Å². The van der Waals surface area contributed by atoms with Crippen LogP contribution < -0.4 is 14.4 Å². The minimum Gasteiger partial charge on any atom is -0.492 e. The highest BCUT2D eigenvalue weighted by Gasteiger charge is 2.26. The predicted molar refractivity (Wildman–Crippen MR) is 144 cm³/mol. The molecule has 0 saturated heterocycles. The third kappa shape index (κ3) is 7.68. The zero-order chi connectivity index (χ0) is 23.8. The van der Waals surface area contributed by atoms with Crippen LogP contribution in [0.4, 0.5) is 11.4 Å². The summed E-state index contributed by atoms with van der Waals surface area (Å²) in [5.41, 5.74) is 1.26. The third-order valence-electron chi connectivity index (χ3n) is 4.81. The Bertz CT molecular complexity index is 1160. The van der Waals surface area contributed by atoms with Crippen LogP contribution in [-0.4, -0.2) is 53.7 Å². The molecule has 6 nitrogen and oxygen atoms in total. The van der Waals surface area contributed by atoms with Gasteiger partial charge in [-0.15, -0.1) is 12.4 Å². The molecule has 0 heterocycles. The zero-order valence-electron chi connectivity index (χ0n) is 18.9. The van der Waals surface area contributed by atoms with Crippen molar-refractivity contribution in [3.63, 3.8) is 0 Å². The topological polar surface area (TPSA) is 61.9 Å². The highest BCUT2D eigenvalue weighted by atomic mass is 35.5. The smallest absolute Gasteiger partial charge is 0.264 e. The van der Waals surface area contributed by atoms with E-state index in [0.717, 1.165) is 0 Å². The Morgan fingerprint density at radius 1 is 0.882 bits per heavy atom. The third-order valence-corrected chi connectivity index (χ3v) is 7.12. The molecule has 0 aliphatic rings. The highest BCUT2D eigenvalue weighted by molar-refractivity contribution is 7.92. The summed E-state index contributed by atoms with van der Waals surface area (Å²) in [5, 5.41) is 4.39. The molecular weight excluding hydrogens is 517 g/mol. The number of halogens is 3. The lowest BCUT2D eigenvalue weighted by atomic mass is 10.2. The molecule has 0 aromatic heterocycles. The van der Waals surface area contributed by atoms with Gasteiger partial charge >= 0.3 is 0 Å². The van der Waals surface area contributed by atoms with Crippen molar-refractivity contribution in [1.82, 2.24) is 4.90 Å². The van der Waals surface area contributed by atoms with E-state index in [1.165, 1.54) is 16.4 Å². The van der Waals surface area contributed by atoms with Gasteiger partial charge in [0.15, 0.2) is 0 Å². The molecule has 0 saturated carbocycles. The number of nitrogens with zero attached hydrogens (tertiary/aromatic N) is 2. The van der Waals surface area contributed by atoms with Gasteiger partial charge in [-0.2, -0.15) is 0 Å². The van der Waals surface area contributed by atoms with Gasteiger partial charge in [-0.3, -0.25) is 4.31 Å². The summed E-state index contributed by atoms with van der Waals surface area (Å²) < 4.78 is 34.3. The van der Waals surface area contributed by atoms with E-state index >= 15 is 0 Å². The van der Waals surface area contributed by atoms with E-state index < -0.39 is 10.0 Å². The first-order valence-corrected chi connectivity index (χ1v) is 12.6. The summed E-state index contributed by atoms with van der Waals surface area (Å²) in [6.45, 7) is 1.71. The molecule has 0 unspecified atom stereocenters. The summed E-state index contributed by atoms with van der Waals surface area (Å²) in [6.07, 6.45) is 0. The molecule has 0 bridgehead atoms. The SMILES string of the molecule is CN(C)CCN(c1ccccc1NCCOc1cccc(Cl)c1)S(=O)(=O)c1ccc(Cl)cc1.Cl. The number of likely N-dealkylation sites (N-methyl/N-ethyl adjacent to an activating group) is 1. The molecule has 184 valence electrons. The van der Waals surface area contributed by atoms with Crippen molar-refractivity contribution < 1.29 is 13.2 Å². The summed E-state index contributed by atoms with van der Waals surface area (Å²) in [6, 6.07) is 20.7. The Morgan fingerprint density at radius 2 is 1.59 bits per heavy atom. The second-order valence-corrected chi connectivity index (χ2v) is 10.3. The fraction of sp³-hybridized carbons (Fsp3) is 0.250. The van der Waals surface area contributed by atoms with Crippen LogP contribution in [0.3, 0.4) is 0 Å². The average Bonchev–Trinajstić information content (AvgIpc) is 2.78. The molecule has 10 heteroatoms. The van der Waals surface area contributed by atoms with E-state index in [-0.39, 0.29) is 23.8 Å². The lowest BCUT2D eigenvalue weighted by Gasteiger charge is -2.28. The molecule has 0 aliphatic heterocycles. The second kappa shape index (κ2) is 13.1. The van der Waals surface area contributed by atoms with E-state index in [1.54, 1.807) is 30.3 Å². The Morgan fingerprint density at radius 3 is 2.26 bits per heavy atom. The Labute approximate surface area is 217 Å². The van der Waals surface area contributed by atoms with Crippen LogP contribution in [0.5, 0.6) is 5.75 Å². The molecule has 1 N–H and O–H groups in total. The number of para-hydroxylation sites is 2. The standard InChI is InChI=1S/C24H27Cl2N3O3S.ClH/c1-28(2)15-16-29(33(30,31)22-12-10-19(25)11-13-22)24-9-4-3-8-23(24)27-14-17-32-21-7-5-6-20(26)18-21;/h3-13,18,27H,14-17H2,1-2H3;1H. The first-order valence-electron chi connectivity index (χ1n) is 10.4. The Balaban J connectivity index is 0.00000408. The Hall–Kier alpha value is -2.16. The highest BCUT2D eigenvalue weighted by Crippen LogP contribution is 2.31. The number of benzene rings is 3. The van der Waals surface area contributed by atoms with Gasteiger partial charge in [0.25, 0.3) is 10.0 Å². The molecule has 0 radical (unpaired) electrons. The zero-order valence-corrected chi connectivity index (χ0v) is 22.1. The number of sulfonamides is 1. The van der Waals surface area contributed by atoms with Crippen LogP contribution in [0.25, 0.3) is 0 Å². The fourth-order valence-electron chi connectivity index (χ4n) is 3.15. The van der Waals surface area contributed by atoms with Gasteiger partial charge in [0.2, 0.25) is 0 Å². The monoisotopic (exact) mass is 543 g/mol. The van der Waals surface area contributed by atoms with Crippen molar-refractivity contribution in [3.05, 3.63) is 82.8 Å². The fourth-order valence-corrected chi connectivity index (χ4v) is 4.93. The minimum absolute atomic E-state index is 0. The van der Waals surface area contributed by atoms with Gasteiger partial charge in [-0.05, 0) is 68.7 Å². The molecule has 0 spiro atoms. The largest absolute Gasteiger partial charge is 0.492 e. The van der Waals surface area contributed by atoms with Crippen molar-refractivity contribution in [1.29, 1.82) is 0 Å². The van der Waals surface area contributed by atoms with E-state index in [2.05, 4.69) is 5.32 Å². The number of hydrogen-bond acceptors (Lipinski definition) is 5. The maximum Gasteiger partial charge on any atom is 0.264 e. The van der Waals surface area contributed by atoms with Gasteiger partial charge in [-0.25, -0.2) is 8.42 Å². The quantitative estimate of drug-likeness (QED) is 0.316. The molecular formula is C24H28Cl3N3O3S. The van der Waals surface area contributed by atoms with Crippen LogP contribution >= 0.6 is 35.6 Å². The maximum atomic E-state index is 13.6. The van der Waals surface area contributed by atoms with Crippen LogP contribution in [-0.2, 0) is 10.0 Å². The van der Waals surface area contributed by atoms with Gasteiger partial charge in [-0.1, -0.05) is 41.4 Å². The number of anilines is 2. The summed E-state index contributed by atoms with van der Waals surface area (Å²) in [4.78, 5) is 2.13. The molecule has 0 aliphatic carbocycles. The van der Waals surface area contributed by atoms with Crippen LogP contribution in [0, 0.1) is 0 Å². The summed E-state index contributed by atoms with van der Waals surface area (Å²) in [5.74, 6) is 0.676. The minimum atomic E-state index is -3.81. The molecule has 3 aromatic carbocycles. The van der Waals surface area contributed by atoms with Gasteiger partial charge in [0.05, 0.1) is 16.3 Å². The Kier molecular flexibility index (Phi) is 10.8.